The van der Waals surface area contributed by atoms with Crippen molar-refractivity contribution >= 4 is 35.6 Å². The number of hydrogen-bond acceptors (Lipinski definition) is 3. The Hall–Kier alpha value is -2.40. The molecule has 2 aromatic carbocycles. The first kappa shape index (κ1) is 20.9. The average molecular weight is 477 g/mol. The first-order valence-electron chi connectivity index (χ1n) is 8.61. The number of ether oxygens (including phenoxy) is 2. The second-order valence-corrected chi connectivity index (χ2v) is 6.14. The number of halogens is 1. The highest BCUT2D eigenvalue weighted by atomic mass is 127. The molecule has 27 heavy (non-hydrogen) atoms. The molecule has 0 atom stereocenters. The molecule has 0 radical (unpaired) electrons. The molecule has 0 saturated heterocycles. The zero-order chi connectivity index (χ0) is 18.4. The summed E-state index contributed by atoms with van der Waals surface area (Å²) in [5, 5.41) is 3.16. The fraction of sp³-hybridized carbons (Fsp3) is 0.286. The Morgan fingerprint density at radius 2 is 2.00 bits per heavy atom. The molecule has 0 aliphatic heterocycles. The van der Waals surface area contributed by atoms with E-state index in [-0.39, 0.29) is 30.6 Å². The lowest BCUT2D eigenvalue weighted by Gasteiger charge is -2.11. The molecule has 0 bridgehead atoms. The number of nitrogens with one attached hydrogen (secondary N) is 1. The zero-order valence-electron chi connectivity index (χ0n) is 15.3. The minimum atomic E-state index is 0. The van der Waals surface area contributed by atoms with Crippen molar-refractivity contribution in [3.63, 3.8) is 0 Å². The summed E-state index contributed by atoms with van der Waals surface area (Å²) in [6.07, 6.45) is 8.78. The van der Waals surface area contributed by atoms with Gasteiger partial charge in [-0.3, -0.25) is 0 Å². The van der Waals surface area contributed by atoms with Crippen LogP contribution in [-0.2, 0) is 19.4 Å². The van der Waals surface area contributed by atoms with Crippen LogP contribution < -0.4 is 20.5 Å². The Kier molecular flexibility index (Phi) is 7.80. The van der Waals surface area contributed by atoms with Crippen molar-refractivity contribution in [2.75, 3.05) is 19.0 Å². The maximum atomic E-state index is 6.03. The van der Waals surface area contributed by atoms with Crippen LogP contribution >= 0.6 is 24.0 Å². The van der Waals surface area contributed by atoms with E-state index in [0.29, 0.717) is 24.0 Å². The van der Waals surface area contributed by atoms with Gasteiger partial charge in [0.2, 0.25) is 0 Å². The summed E-state index contributed by atoms with van der Waals surface area (Å²) in [6.45, 7) is 0.616. The van der Waals surface area contributed by atoms with Crippen molar-refractivity contribution in [3.05, 3.63) is 53.1 Å². The molecule has 1 aliphatic carbocycles. The molecule has 0 unspecified atom stereocenters. The van der Waals surface area contributed by atoms with Gasteiger partial charge in [0.15, 0.2) is 17.5 Å². The molecule has 1 aliphatic rings. The number of nitrogens with two attached hydrogens (primary N) is 1. The Bertz CT molecular complexity index is 859. The first-order chi connectivity index (χ1) is 12.7. The number of fused-ring (bicyclic) bond motifs is 1. The van der Waals surface area contributed by atoms with Gasteiger partial charge in [-0.2, -0.15) is 0 Å². The molecule has 0 fully saturated rings. The highest BCUT2D eigenvalue weighted by molar-refractivity contribution is 14.0. The number of rotatable bonds is 6. The number of anilines is 1. The lowest BCUT2D eigenvalue weighted by atomic mass is 10.1. The van der Waals surface area contributed by atoms with Crippen molar-refractivity contribution in [3.8, 4) is 23.8 Å². The molecule has 0 spiro atoms. The lowest BCUT2D eigenvalue weighted by molar-refractivity contribution is 0.330. The molecule has 3 rings (SSSR count). The van der Waals surface area contributed by atoms with Crippen LogP contribution in [0.3, 0.4) is 0 Å². The number of methoxy groups -OCH3 is 1. The standard InChI is InChI=1S/C21H23N3O2.HI/c1-3-11-26-20-12-15(7-10-19(20)25-2)14-23-21(22)24-18-9-8-16-5-4-6-17(16)13-18;/h1,7-10,12-13H,4-6,11,14H2,2H3,(H3,22,23,24);1H. The zero-order valence-corrected chi connectivity index (χ0v) is 17.7. The summed E-state index contributed by atoms with van der Waals surface area (Å²) in [5.74, 6) is 4.06. The van der Waals surface area contributed by atoms with Gasteiger partial charge in [0.05, 0.1) is 13.7 Å². The normalized spacial score (nSPS) is 12.5. The van der Waals surface area contributed by atoms with Gasteiger partial charge in [0.25, 0.3) is 0 Å². The molecule has 2 aromatic rings. The van der Waals surface area contributed by atoms with E-state index in [4.69, 9.17) is 21.6 Å². The summed E-state index contributed by atoms with van der Waals surface area (Å²) >= 11 is 0. The lowest BCUT2D eigenvalue weighted by Crippen LogP contribution is -2.22. The summed E-state index contributed by atoms with van der Waals surface area (Å²) in [4.78, 5) is 4.41. The van der Waals surface area contributed by atoms with Gasteiger partial charge < -0.3 is 20.5 Å². The molecular weight excluding hydrogens is 453 g/mol. The fourth-order valence-corrected chi connectivity index (χ4v) is 3.07. The highest BCUT2D eigenvalue weighted by Crippen LogP contribution is 2.28. The molecule has 0 heterocycles. The maximum Gasteiger partial charge on any atom is 0.193 e. The first-order valence-corrected chi connectivity index (χ1v) is 8.61. The van der Waals surface area contributed by atoms with Crippen LogP contribution in [0.15, 0.2) is 41.4 Å². The minimum Gasteiger partial charge on any atom is -0.493 e. The molecule has 142 valence electrons. The van der Waals surface area contributed by atoms with Crippen LogP contribution in [0.1, 0.15) is 23.1 Å². The van der Waals surface area contributed by atoms with Gasteiger partial charge >= 0.3 is 0 Å². The molecule has 0 amide bonds. The van der Waals surface area contributed by atoms with E-state index in [1.54, 1.807) is 7.11 Å². The van der Waals surface area contributed by atoms with E-state index in [2.05, 4.69) is 28.4 Å². The average Bonchev–Trinajstić information content (AvgIpc) is 3.12. The van der Waals surface area contributed by atoms with Crippen molar-refractivity contribution in [2.24, 2.45) is 10.7 Å². The number of terminal acetylenes is 1. The number of aliphatic imine (C=N–C) groups is 1. The summed E-state index contributed by atoms with van der Waals surface area (Å²) in [6, 6.07) is 12.0. The van der Waals surface area contributed by atoms with E-state index in [9.17, 15) is 0 Å². The van der Waals surface area contributed by atoms with Gasteiger partial charge in [0, 0.05) is 5.69 Å². The molecule has 5 nitrogen and oxygen atoms in total. The Morgan fingerprint density at radius 1 is 1.19 bits per heavy atom. The third-order valence-electron chi connectivity index (χ3n) is 4.34. The van der Waals surface area contributed by atoms with E-state index >= 15 is 0 Å². The van der Waals surface area contributed by atoms with Gasteiger partial charge in [-0.1, -0.05) is 18.1 Å². The fourth-order valence-electron chi connectivity index (χ4n) is 3.07. The topological polar surface area (TPSA) is 68.9 Å². The second kappa shape index (κ2) is 10.1. The SMILES string of the molecule is C#CCOc1cc(CN=C(N)Nc2ccc3c(c2)CCC3)ccc1OC.I. The van der Waals surface area contributed by atoms with Gasteiger partial charge in [0.1, 0.15) is 6.61 Å². The number of guanidine groups is 1. The smallest absolute Gasteiger partial charge is 0.193 e. The Labute approximate surface area is 177 Å². The molecule has 0 saturated carbocycles. The predicted octanol–water partition coefficient (Wildman–Crippen LogP) is 3.74. The van der Waals surface area contributed by atoms with Crippen molar-refractivity contribution in [1.29, 1.82) is 0 Å². The third kappa shape index (κ3) is 5.54. The summed E-state index contributed by atoms with van der Waals surface area (Å²) in [5.41, 5.74) is 10.8. The van der Waals surface area contributed by atoms with Crippen molar-refractivity contribution in [2.45, 2.75) is 25.8 Å². The largest absolute Gasteiger partial charge is 0.493 e. The Morgan fingerprint density at radius 3 is 2.78 bits per heavy atom. The van der Waals surface area contributed by atoms with E-state index < -0.39 is 0 Å². The predicted molar refractivity (Wildman–Crippen MR) is 120 cm³/mol. The quantitative estimate of drug-likeness (QED) is 0.288. The highest BCUT2D eigenvalue weighted by Gasteiger charge is 2.11. The Balaban J connectivity index is 0.00000261. The number of benzene rings is 2. The molecule has 3 N–H and O–H groups in total. The number of hydrogen-bond donors (Lipinski definition) is 2. The van der Waals surface area contributed by atoms with Gasteiger partial charge in [-0.15, -0.1) is 30.4 Å². The number of aryl methyl sites for hydroxylation is 2. The summed E-state index contributed by atoms with van der Waals surface area (Å²) in [7, 11) is 1.59. The third-order valence-corrected chi connectivity index (χ3v) is 4.34. The molecule has 6 heteroatoms. The monoisotopic (exact) mass is 477 g/mol. The van der Waals surface area contributed by atoms with E-state index in [0.717, 1.165) is 17.7 Å². The maximum absolute atomic E-state index is 6.03. The van der Waals surface area contributed by atoms with Crippen LogP contribution in [0.25, 0.3) is 0 Å². The molecule has 0 aromatic heterocycles. The van der Waals surface area contributed by atoms with E-state index in [1.807, 2.05) is 24.3 Å². The van der Waals surface area contributed by atoms with Crippen molar-refractivity contribution < 1.29 is 9.47 Å². The van der Waals surface area contributed by atoms with E-state index in [1.165, 1.54) is 24.0 Å². The van der Waals surface area contributed by atoms with Crippen LogP contribution in [-0.4, -0.2) is 19.7 Å². The molecular formula is C21H24IN3O2. The second-order valence-electron chi connectivity index (χ2n) is 6.14. The van der Waals surface area contributed by atoms with Gasteiger partial charge in [-0.25, -0.2) is 4.99 Å². The number of nitrogens with zero attached hydrogens (tertiary/aromatic N) is 1. The van der Waals surface area contributed by atoms with Crippen LogP contribution in [0.5, 0.6) is 11.5 Å². The minimum absolute atomic E-state index is 0. The summed E-state index contributed by atoms with van der Waals surface area (Å²) < 4.78 is 10.8. The van der Waals surface area contributed by atoms with Crippen LogP contribution in [0, 0.1) is 12.3 Å². The van der Waals surface area contributed by atoms with Crippen molar-refractivity contribution in [1.82, 2.24) is 0 Å². The van der Waals surface area contributed by atoms with Gasteiger partial charge in [-0.05, 0) is 60.2 Å². The van der Waals surface area contributed by atoms with Crippen LogP contribution in [0.2, 0.25) is 0 Å². The van der Waals surface area contributed by atoms with Crippen LogP contribution in [0.4, 0.5) is 5.69 Å².